The van der Waals surface area contributed by atoms with Crippen LogP contribution in [0.4, 0.5) is 0 Å². The average Bonchev–Trinajstić information content (AvgIpc) is 2.67. The van der Waals surface area contributed by atoms with Crippen molar-refractivity contribution >= 4 is 5.96 Å². The molecule has 0 spiro atoms. The first-order valence-electron chi connectivity index (χ1n) is 8.80. The van der Waals surface area contributed by atoms with Crippen LogP contribution in [0.25, 0.3) is 0 Å². The van der Waals surface area contributed by atoms with Crippen LogP contribution in [-0.4, -0.2) is 36.9 Å². The molecule has 3 rings (SSSR count). The topological polar surface area (TPSA) is 89.1 Å². The quantitative estimate of drug-likeness (QED) is 0.522. The molecular formula is C20H25N3O3. The van der Waals surface area contributed by atoms with Crippen molar-refractivity contribution in [3.63, 3.8) is 0 Å². The number of nitrogens with zero attached hydrogens (tertiary/aromatic N) is 1. The highest BCUT2D eigenvalue weighted by molar-refractivity contribution is 5.78. The number of fused-ring (bicyclic) bond motifs is 1. The highest BCUT2D eigenvalue weighted by Gasteiger charge is 2.21. The van der Waals surface area contributed by atoms with E-state index in [4.69, 9.17) is 15.2 Å². The lowest BCUT2D eigenvalue weighted by Gasteiger charge is -2.27. The third-order valence-corrected chi connectivity index (χ3v) is 4.17. The number of guanidine groups is 1. The van der Waals surface area contributed by atoms with E-state index in [9.17, 15) is 5.11 Å². The number of nitrogens with two attached hydrogens (primary N) is 1. The van der Waals surface area contributed by atoms with E-state index < -0.39 is 6.10 Å². The van der Waals surface area contributed by atoms with Gasteiger partial charge in [0.25, 0.3) is 0 Å². The minimum Gasteiger partial charge on any atom is -0.493 e. The van der Waals surface area contributed by atoms with E-state index >= 15 is 0 Å². The first-order valence-corrected chi connectivity index (χ1v) is 8.80. The van der Waals surface area contributed by atoms with Crippen molar-refractivity contribution in [3.8, 4) is 5.75 Å². The second-order valence-corrected chi connectivity index (χ2v) is 6.25. The van der Waals surface area contributed by atoms with Crippen molar-refractivity contribution in [2.45, 2.75) is 25.2 Å². The van der Waals surface area contributed by atoms with Crippen molar-refractivity contribution in [2.24, 2.45) is 10.7 Å². The molecule has 6 heteroatoms. The third-order valence-electron chi connectivity index (χ3n) is 4.17. The highest BCUT2D eigenvalue weighted by Crippen LogP contribution is 2.31. The number of para-hydroxylation sites is 1. The molecule has 0 amide bonds. The number of aliphatic imine (C=N–C) groups is 1. The minimum absolute atomic E-state index is 0.0650. The van der Waals surface area contributed by atoms with Crippen LogP contribution in [0.5, 0.6) is 5.75 Å². The Labute approximate surface area is 153 Å². The zero-order valence-corrected chi connectivity index (χ0v) is 14.7. The summed E-state index contributed by atoms with van der Waals surface area (Å²) in [6.07, 6.45) is 0.122. The molecule has 6 nitrogen and oxygen atoms in total. The fourth-order valence-corrected chi connectivity index (χ4v) is 2.86. The summed E-state index contributed by atoms with van der Waals surface area (Å²) in [4.78, 5) is 4.23. The molecule has 0 saturated heterocycles. The molecule has 2 unspecified atom stereocenters. The van der Waals surface area contributed by atoms with E-state index in [1.54, 1.807) is 0 Å². The lowest BCUT2D eigenvalue weighted by molar-refractivity contribution is 0.0331. The first-order chi connectivity index (χ1) is 12.7. The fraction of sp³-hybridized carbons (Fsp3) is 0.350. The molecule has 2 aromatic carbocycles. The van der Waals surface area contributed by atoms with Gasteiger partial charge in [-0.25, -0.2) is 0 Å². The van der Waals surface area contributed by atoms with Gasteiger partial charge in [0.05, 0.1) is 38.5 Å². The fourth-order valence-electron chi connectivity index (χ4n) is 2.86. The second-order valence-electron chi connectivity index (χ2n) is 6.25. The predicted octanol–water partition coefficient (Wildman–Crippen LogP) is 1.99. The van der Waals surface area contributed by atoms with Gasteiger partial charge in [0, 0.05) is 12.0 Å². The number of hydrogen-bond acceptors (Lipinski definition) is 4. The Bertz CT molecular complexity index is 721. The Morgan fingerprint density at radius 2 is 2.00 bits per heavy atom. The van der Waals surface area contributed by atoms with Gasteiger partial charge >= 0.3 is 0 Å². The number of hydrogen-bond donors (Lipinski definition) is 3. The van der Waals surface area contributed by atoms with Gasteiger partial charge in [-0.2, -0.15) is 0 Å². The maximum atomic E-state index is 10.0. The maximum Gasteiger partial charge on any atom is 0.189 e. The van der Waals surface area contributed by atoms with Gasteiger partial charge in [-0.15, -0.1) is 0 Å². The molecular weight excluding hydrogens is 330 g/mol. The van der Waals surface area contributed by atoms with Crippen LogP contribution in [0.15, 0.2) is 59.6 Å². The lowest BCUT2D eigenvalue weighted by Crippen LogP contribution is -2.38. The summed E-state index contributed by atoms with van der Waals surface area (Å²) < 4.78 is 11.2. The Hall–Kier alpha value is -2.57. The maximum absolute atomic E-state index is 10.0. The van der Waals surface area contributed by atoms with Gasteiger partial charge in [0.15, 0.2) is 5.96 Å². The van der Waals surface area contributed by atoms with Crippen LogP contribution in [0.2, 0.25) is 0 Å². The summed E-state index contributed by atoms with van der Waals surface area (Å²) in [6.45, 7) is 1.51. The molecule has 138 valence electrons. The molecule has 0 saturated carbocycles. The molecule has 0 fully saturated rings. The van der Waals surface area contributed by atoms with E-state index in [0.29, 0.717) is 19.2 Å². The number of ether oxygens (including phenoxy) is 2. The molecule has 1 aliphatic rings. The van der Waals surface area contributed by atoms with E-state index in [2.05, 4.69) is 10.3 Å². The van der Waals surface area contributed by atoms with Crippen molar-refractivity contribution in [3.05, 3.63) is 65.7 Å². The monoisotopic (exact) mass is 355 g/mol. The number of benzene rings is 2. The highest BCUT2D eigenvalue weighted by atomic mass is 16.5. The third kappa shape index (κ3) is 5.21. The predicted molar refractivity (Wildman–Crippen MR) is 101 cm³/mol. The summed E-state index contributed by atoms with van der Waals surface area (Å²) in [5, 5.41) is 13.2. The molecule has 0 radical (unpaired) electrons. The summed E-state index contributed by atoms with van der Waals surface area (Å²) in [6, 6.07) is 17.8. The minimum atomic E-state index is -0.693. The summed E-state index contributed by atoms with van der Waals surface area (Å²) in [7, 11) is 0. The first kappa shape index (κ1) is 18.2. The largest absolute Gasteiger partial charge is 0.493 e. The second kappa shape index (κ2) is 9.22. The van der Waals surface area contributed by atoms with Crippen LogP contribution in [0.1, 0.15) is 23.6 Å². The molecule has 0 bridgehead atoms. The van der Waals surface area contributed by atoms with Crippen molar-refractivity contribution < 1.29 is 14.6 Å². The molecule has 1 heterocycles. The van der Waals surface area contributed by atoms with Crippen LogP contribution < -0.4 is 15.8 Å². The molecule has 2 atom stereocenters. The summed E-state index contributed by atoms with van der Waals surface area (Å²) >= 11 is 0. The van der Waals surface area contributed by atoms with Crippen LogP contribution in [0.3, 0.4) is 0 Å². The van der Waals surface area contributed by atoms with Gasteiger partial charge in [-0.05, 0) is 11.6 Å². The Balaban J connectivity index is 1.43. The average molecular weight is 355 g/mol. The van der Waals surface area contributed by atoms with E-state index in [1.165, 1.54) is 0 Å². The van der Waals surface area contributed by atoms with Crippen LogP contribution in [-0.2, 0) is 11.3 Å². The van der Waals surface area contributed by atoms with Gasteiger partial charge in [0.2, 0.25) is 0 Å². The number of aliphatic hydroxyl groups excluding tert-OH is 1. The molecule has 1 aliphatic heterocycles. The van der Waals surface area contributed by atoms with Gasteiger partial charge in [-0.3, -0.25) is 4.99 Å². The van der Waals surface area contributed by atoms with E-state index in [-0.39, 0.29) is 19.2 Å². The summed E-state index contributed by atoms with van der Waals surface area (Å²) in [5.41, 5.74) is 8.12. The number of rotatable bonds is 7. The van der Waals surface area contributed by atoms with Crippen molar-refractivity contribution in [1.82, 2.24) is 5.32 Å². The van der Waals surface area contributed by atoms with Crippen LogP contribution in [0, 0.1) is 0 Å². The standard InChI is InChI=1S/C20H25N3O3/c21-20(23-18-10-11-26-19-9-5-4-8-17(18)19)22-12-16(24)14-25-13-15-6-2-1-3-7-15/h1-9,16,18,24H,10-14H2,(H3,21,22,23). The smallest absolute Gasteiger partial charge is 0.189 e. The van der Waals surface area contributed by atoms with Gasteiger partial charge in [0.1, 0.15) is 5.75 Å². The van der Waals surface area contributed by atoms with E-state index in [1.807, 2.05) is 54.6 Å². The Morgan fingerprint density at radius 1 is 1.23 bits per heavy atom. The zero-order chi connectivity index (χ0) is 18.2. The zero-order valence-electron chi connectivity index (χ0n) is 14.7. The van der Waals surface area contributed by atoms with Gasteiger partial charge in [-0.1, -0.05) is 48.5 Å². The van der Waals surface area contributed by atoms with Crippen molar-refractivity contribution in [1.29, 1.82) is 0 Å². The van der Waals surface area contributed by atoms with Crippen molar-refractivity contribution in [2.75, 3.05) is 19.8 Å². The number of aliphatic hydroxyl groups is 1. The normalized spacial score (nSPS) is 17.9. The molecule has 0 aromatic heterocycles. The molecule has 0 aliphatic carbocycles. The molecule has 4 N–H and O–H groups in total. The lowest BCUT2D eigenvalue weighted by atomic mass is 10.0. The number of nitrogens with one attached hydrogen (secondary N) is 1. The molecule has 26 heavy (non-hydrogen) atoms. The Kier molecular flexibility index (Phi) is 6.46. The SMILES string of the molecule is NC(=NCC(O)COCc1ccccc1)NC1CCOc2ccccc21. The van der Waals surface area contributed by atoms with E-state index in [0.717, 1.165) is 23.3 Å². The van der Waals surface area contributed by atoms with Gasteiger partial charge < -0.3 is 25.6 Å². The summed E-state index contributed by atoms with van der Waals surface area (Å²) in [5.74, 6) is 1.19. The molecule has 2 aromatic rings. The Morgan fingerprint density at radius 3 is 2.85 bits per heavy atom. The van der Waals surface area contributed by atoms with Crippen LogP contribution >= 0.6 is 0 Å².